The Labute approximate surface area is 223 Å². The first-order valence-corrected chi connectivity index (χ1v) is 12.7. The van der Waals surface area contributed by atoms with Crippen molar-refractivity contribution in [1.29, 1.82) is 0 Å². The fourth-order valence-corrected chi connectivity index (χ4v) is 5.36. The van der Waals surface area contributed by atoms with E-state index in [0.717, 1.165) is 26.6 Å². The zero-order valence-electron chi connectivity index (χ0n) is 19.4. The molecule has 5 nitrogen and oxygen atoms in total. The van der Waals surface area contributed by atoms with Crippen molar-refractivity contribution >= 4 is 46.4 Å². The van der Waals surface area contributed by atoms with E-state index in [-0.39, 0.29) is 23.6 Å². The monoisotopic (exact) mass is 539 g/mol. The van der Waals surface area contributed by atoms with Crippen molar-refractivity contribution in [1.82, 2.24) is 4.90 Å². The molecule has 1 N–H and O–H groups in total. The third-order valence-corrected chi connectivity index (χ3v) is 7.36. The van der Waals surface area contributed by atoms with Crippen LogP contribution in [0.1, 0.15) is 20.8 Å². The van der Waals surface area contributed by atoms with Gasteiger partial charge in [-0.25, -0.2) is 4.79 Å². The Bertz CT molecular complexity index is 1370. The summed E-state index contributed by atoms with van der Waals surface area (Å²) in [4.78, 5) is 29.3. The van der Waals surface area contributed by atoms with Gasteiger partial charge in [0.25, 0.3) is 5.91 Å². The molecule has 1 aromatic heterocycles. The number of benzene rings is 3. The summed E-state index contributed by atoms with van der Waals surface area (Å²) in [7, 11) is 1.61. The van der Waals surface area contributed by atoms with Crippen LogP contribution in [-0.4, -0.2) is 35.0 Å². The van der Waals surface area contributed by atoms with E-state index in [9.17, 15) is 14.7 Å². The predicted molar refractivity (Wildman–Crippen MR) is 144 cm³/mol. The van der Waals surface area contributed by atoms with Crippen molar-refractivity contribution in [2.24, 2.45) is 0 Å². The van der Waals surface area contributed by atoms with Crippen molar-refractivity contribution in [2.75, 3.05) is 7.11 Å². The second-order valence-electron chi connectivity index (χ2n) is 8.10. The molecule has 3 aromatic carbocycles. The van der Waals surface area contributed by atoms with Gasteiger partial charge in [0.2, 0.25) is 0 Å². The molecule has 0 fully saturated rings. The Morgan fingerprint density at radius 2 is 1.75 bits per heavy atom. The van der Waals surface area contributed by atoms with Crippen LogP contribution in [0, 0.1) is 0 Å². The van der Waals surface area contributed by atoms with Gasteiger partial charge in [-0.05, 0) is 53.6 Å². The normalized spacial score (nSPS) is 11.6. The van der Waals surface area contributed by atoms with E-state index in [0.29, 0.717) is 5.02 Å². The number of carboxylic acid groups (broad SMARTS) is 1. The fourth-order valence-electron chi connectivity index (χ4n) is 3.87. The summed E-state index contributed by atoms with van der Waals surface area (Å²) in [6.07, 6.45) is 0.154. The minimum Gasteiger partial charge on any atom is -0.497 e. The van der Waals surface area contributed by atoms with Gasteiger partial charge in [0, 0.05) is 21.2 Å². The second-order valence-corrected chi connectivity index (χ2v) is 10.1. The number of hydrogen-bond acceptors (Lipinski definition) is 4. The largest absolute Gasteiger partial charge is 0.497 e. The van der Waals surface area contributed by atoms with Gasteiger partial charge < -0.3 is 14.7 Å². The molecule has 0 aliphatic rings. The van der Waals surface area contributed by atoms with Crippen molar-refractivity contribution < 1.29 is 19.4 Å². The van der Waals surface area contributed by atoms with Gasteiger partial charge in [-0.3, -0.25) is 4.79 Å². The number of carbonyl (C=O) groups excluding carboxylic acids is 1. The lowest BCUT2D eigenvalue weighted by atomic mass is 10.0. The molecule has 0 saturated heterocycles. The number of amides is 1. The molecule has 4 aromatic rings. The Balaban J connectivity index is 1.70. The minimum absolute atomic E-state index is 0.107. The van der Waals surface area contributed by atoms with Crippen molar-refractivity contribution in [3.05, 3.63) is 111 Å². The molecule has 36 heavy (non-hydrogen) atoms. The lowest BCUT2D eigenvalue weighted by Crippen LogP contribution is -2.46. The molecule has 0 radical (unpaired) electrons. The van der Waals surface area contributed by atoms with Crippen LogP contribution in [0.5, 0.6) is 5.75 Å². The Morgan fingerprint density at radius 3 is 2.44 bits per heavy atom. The molecule has 0 saturated carbocycles. The molecule has 184 valence electrons. The summed E-state index contributed by atoms with van der Waals surface area (Å²) >= 11 is 13.9. The molecule has 1 unspecified atom stereocenters. The highest BCUT2D eigenvalue weighted by atomic mass is 35.5. The Kier molecular flexibility index (Phi) is 8.31. The summed E-state index contributed by atoms with van der Waals surface area (Å²) in [6.45, 7) is 0.107. The third-order valence-electron chi connectivity index (χ3n) is 5.70. The fraction of sp³-hybridized carbons (Fsp3) is 0.143. The van der Waals surface area contributed by atoms with Gasteiger partial charge in [0.15, 0.2) is 0 Å². The van der Waals surface area contributed by atoms with Crippen LogP contribution in [0.3, 0.4) is 0 Å². The van der Waals surface area contributed by atoms with Gasteiger partial charge in [-0.15, -0.1) is 11.3 Å². The Hall–Kier alpha value is -3.32. The van der Waals surface area contributed by atoms with E-state index in [4.69, 9.17) is 27.9 Å². The van der Waals surface area contributed by atoms with Crippen molar-refractivity contribution in [3.63, 3.8) is 0 Å². The van der Waals surface area contributed by atoms with Crippen LogP contribution in [0.4, 0.5) is 0 Å². The molecule has 0 bridgehead atoms. The predicted octanol–water partition coefficient (Wildman–Crippen LogP) is 7.07. The number of hydrogen-bond donors (Lipinski definition) is 1. The Morgan fingerprint density at radius 1 is 0.972 bits per heavy atom. The van der Waals surface area contributed by atoms with E-state index in [1.54, 1.807) is 13.2 Å². The number of carbonyl (C=O) groups is 2. The number of rotatable bonds is 9. The highest BCUT2D eigenvalue weighted by Crippen LogP contribution is 2.32. The maximum Gasteiger partial charge on any atom is 0.326 e. The molecule has 0 spiro atoms. The molecule has 4 rings (SSSR count). The molecular formula is C28H23Cl2NO4S. The van der Waals surface area contributed by atoms with Gasteiger partial charge in [-0.2, -0.15) is 0 Å². The molecular weight excluding hydrogens is 517 g/mol. The van der Waals surface area contributed by atoms with Crippen LogP contribution >= 0.6 is 34.5 Å². The van der Waals surface area contributed by atoms with Crippen molar-refractivity contribution in [2.45, 2.75) is 19.0 Å². The third kappa shape index (κ3) is 6.08. The lowest BCUT2D eigenvalue weighted by Gasteiger charge is -2.29. The van der Waals surface area contributed by atoms with Crippen LogP contribution in [-0.2, 0) is 17.8 Å². The average molecular weight is 540 g/mol. The zero-order chi connectivity index (χ0) is 25.7. The van der Waals surface area contributed by atoms with E-state index in [1.807, 2.05) is 66.7 Å². The summed E-state index contributed by atoms with van der Waals surface area (Å²) in [5.41, 5.74) is 1.99. The summed E-state index contributed by atoms with van der Waals surface area (Å²) in [5, 5.41) is 10.7. The molecule has 1 heterocycles. The van der Waals surface area contributed by atoms with E-state index >= 15 is 0 Å². The number of thiophene rings is 1. The lowest BCUT2D eigenvalue weighted by molar-refractivity contribution is -0.142. The maximum atomic E-state index is 13.7. The highest BCUT2D eigenvalue weighted by molar-refractivity contribution is 7.15. The van der Waals surface area contributed by atoms with E-state index in [2.05, 4.69) is 0 Å². The number of methoxy groups -OCH3 is 1. The smallest absolute Gasteiger partial charge is 0.326 e. The van der Waals surface area contributed by atoms with Gasteiger partial charge in [0.1, 0.15) is 11.8 Å². The van der Waals surface area contributed by atoms with Crippen LogP contribution in [0.25, 0.3) is 10.4 Å². The van der Waals surface area contributed by atoms with Gasteiger partial charge in [0.05, 0.1) is 24.2 Å². The number of nitrogens with zero attached hydrogens (tertiary/aromatic N) is 1. The van der Waals surface area contributed by atoms with E-state index in [1.165, 1.54) is 28.4 Å². The van der Waals surface area contributed by atoms with Crippen LogP contribution in [0.15, 0.2) is 84.9 Å². The summed E-state index contributed by atoms with van der Waals surface area (Å²) in [6, 6.07) is 24.3. The molecule has 1 atom stereocenters. The maximum absolute atomic E-state index is 13.7. The SMILES string of the molecule is COc1cccc(-c2ccc(CN(C(=O)c3ccc(Cl)cc3Cl)C(Cc3ccccc3)C(=O)O)s2)c1. The van der Waals surface area contributed by atoms with E-state index < -0.39 is 17.9 Å². The number of halogens is 2. The topological polar surface area (TPSA) is 66.8 Å². The molecule has 1 amide bonds. The minimum atomic E-state index is -1.10. The first kappa shape index (κ1) is 25.8. The van der Waals surface area contributed by atoms with Crippen LogP contribution < -0.4 is 4.74 Å². The van der Waals surface area contributed by atoms with Crippen LogP contribution in [0.2, 0.25) is 10.0 Å². The first-order valence-electron chi connectivity index (χ1n) is 11.1. The summed E-state index contributed by atoms with van der Waals surface area (Å²) in [5.74, 6) is -0.830. The van der Waals surface area contributed by atoms with Gasteiger partial charge in [-0.1, -0.05) is 65.7 Å². The number of ether oxygens (including phenoxy) is 1. The average Bonchev–Trinajstić information content (AvgIpc) is 3.35. The quantitative estimate of drug-likeness (QED) is 0.247. The molecule has 0 aliphatic carbocycles. The summed E-state index contributed by atoms with van der Waals surface area (Å²) < 4.78 is 5.33. The number of aliphatic carboxylic acids is 1. The standard InChI is InChI=1S/C28H23Cl2NO4S/c1-35-21-9-5-8-19(15-21)26-13-11-22(36-26)17-31(27(32)23-12-10-20(29)16-24(23)30)25(28(33)34)14-18-6-3-2-4-7-18/h2-13,15-16,25H,14,17H2,1H3,(H,33,34). The van der Waals surface area contributed by atoms with Crippen molar-refractivity contribution in [3.8, 4) is 16.2 Å². The number of carboxylic acids is 1. The highest BCUT2D eigenvalue weighted by Gasteiger charge is 2.32. The first-order chi connectivity index (χ1) is 17.4. The van der Waals surface area contributed by atoms with Gasteiger partial charge >= 0.3 is 5.97 Å². The zero-order valence-corrected chi connectivity index (χ0v) is 21.7. The second kappa shape index (κ2) is 11.6. The molecule has 0 aliphatic heterocycles. The molecule has 8 heteroatoms.